The summed E-state index contributed by atoms with van der Waals surface area (Å²) in [5.74, 6) is 0.00510. The second-order valence-corrected chi connectivity index (χ2v) is 9.19. The van der Waals surface area contributed by atoms with Crippen molar-refractivity contribution in [1.29, 1.82) is 0 Å². The topological polar surface area (TPSA) is 98.8 Å². The lowest BCUT2D eigenvalue weighted by molar-refractivity contribution is 0.0461. The molecule has 2 aliphatic heterocycles. The monoisotopic (exact) mass is 474 g/mol. The molecule has 8 nitrogen and oxygen atoms in total. The fourth-order valence-electron chi connectivity index (χ4n) is 5.26. The maximum atomic E-state index is 13.6. The van der Waals surface area contributed by atoms with E-state index in [4.69, 9.17) is 4.74 Å². The van der Waals surface area contributed by atoms with Gasteiger partial charge >= 0.3 is 5.97 Å². The molecule has 1 fully saturated rings. The number of carboxylic acid groups (broad SMARTS) is 1. The third-order valence-corrected chi connectivity index (χ3v) is 7.09. The first-order valence-electron chi connectivity index (χ1n) is 12.2. The van der Waals surface area contributed by atoms with Gasteiger partial charge in [0.15, 0.2) is 0 Å². The number of fused-ring (bicyclic) bond motifs is 1. The molecule has 182 valence electrons. The van der Waals surface area contributed by atoms with E-state index in [-0.39, 0.29) is 23.4 Å². The molecule has 0 spiro atoms. The maximum Gasteiger partial charge on any atom is 0.335 e. The van der Waals surface area contributed by atoms with Crippen molar-refractivity contribution < 1.29 is 19.4 Å². The Balaban J connectivity index is 1.26. The molecule has 5 rings (SSSR count). The zero-order valence-electron chi connectivity index (χ0n) is 19.6. The Kier molecular flexibility index (Phi) is 6.81. The summed E-state index contributed by atoms with van der Waals surface area (Å²) >= 11 is 0. The van der Waals surface area contributed by atoms with Gasteiger partial charge in [0.2, 0.25) is 0 Å². The van der Waals surface area contributed by atoms with Crippen molar-refractivity contribution in [3.63, 3.8) is 0 Å². The highest BCUT2D eigenvalue weighted by Gasteiger charge is 2.39. The Bertz CT molecular complexity index is 1170. The summed E-state index contributed by atoms with van der Waals surface area (Å²) in [5.41, 5.74) is 2.57. The minimum Gasteiger partial charge on any atom is -0.492 e. The third-order valence-electron chi connectivity index (χ3n) is 7.09. The quantitative estimate of drug-likeness (QED) is 0.543. The van der Waals surface area contributed by atoms with Crippen LogP contribution in [0, 0.1) is 5.92 Å². The molecule has 1 unspecified atom stereocenters. The first kappa shape index (κ1) is 23.1. The predicted molar refractivity (Wildman–Crippen MR) is 131 cm³/mol. The van der Waals surface area contributed by atoms with E-state index in [0.29, 0.717) is 25.1 Å². The minimum absolute atomic E-state index is 0.117. The molecule has 1 aromatic heterocycles. The van der Waals surface area contributed by atoms with E-state index in [9.17, 15) is 14.7 Å². The number of H-pyrrole nitrogens is 1. The van der Waals surface area contributed by atoms with Crippen molar-refractivity contribution in [2.24, 2.45) is 5.92 Å². The molecule has 2 N–H and O–H groups in total. The van der Waals surface area contributed by atoms with Gasteiger partial charge in [0.25, 0.3) is 5.91 Å². The van der Waals surface area contributed by atoms with Gasteiger partial charge in [-0.3, -0.25) is 9.69 Å². The molecule has 1 amide bonds. The molecule has 2 aromatic carbocycles. The van der Waals surface area contributed by atoms with Gasteiger partial charge in [0.05, 0.1) is 23.6 Å². The molecular formula is C27H30N4O4. The van der Waals surface area contributed by atoms with Crippen molar-refractivity contribution in [3.8, 4) is 5.75 Å². The zero-order chi connectivity index (χ0) is 24.2. The molecule has 0 saturated carbocycles. The maximum absolute atomic E-state index is 13.6. The highest BCUT2D eigenvalue weighted by Crippen LogP contribution is 2.39. The zero-order valence-corrected chi connectivity index (χ0v) is 19.6. The van der Waals surface area contributed by atoms with Crippen LogP contribution in [0.15, 0.2) is 60.9 Å². The van der Waals surface area contributed by atoms with Crippen molar-refractivity contribution in [1.82, 2.24) is 19.8 Å². The number of hydrogen-bond acceptors (Lipinski definition) is 5. The molecule has 0 radical (unpaired) electrons. The van der Waals surface area contributed by atoms with Crippen LogP contribution in [0.2, 0.25) is 0 Å². The number of carbonyl (C=O) groups excluding carboxylic acids is 1. The van der Waals surface area contributed by atoms with Crippen LogP contribution in [0.25, 0.3) is 0 Å². The number of para-hydroxylation sites is 1. The second kappa shape index (κ2) is 10.3. The van der Waals surface area contributed by atoms with E-state index in [1.807, 2.05) is 35.2 Å². The first-order valence-corrected chi connectivity index (χ1v) is 12.2. The second-order valence-electron chi connectivity index (χ2n) is 9.19. The van der Waals surface area contributed by atoms with Gasteiger partial charge in [0, 0.05) is 30.8 Å². The van der Waals surface area contributed by atoms with Crippen molar-refractivity contribution >= 4 is 11.9 Å². The Hall–Kier alpha value is -3.65. The van der Waals surface area contributed by atoms with E-state index >= 15 is 0 Å². The molecular weight excluding hydrogens is 444 g/mol. The fraction of sp³-hybridized carbons (Fsp3) is 0.370. The lowest BCUT2D eigenvalue weighted by Crippen LogP contribution is -2.46. The van der Waals surface area contributed by atoms with E-state index in [0.717, 1.165) is 49.6 Å². The molecule has 0 bridgehead atoms. The Morgan fingerprint density at radius 1 is 1.03 bits per heavy atom. The number of rotatable bonds is 7. The van der Waals surface area contributed by atoms with E-state index < -0.39 is 5.97 Å². The summed E-state index contributed by atoms with van der Waals surface area (Å²) in [6, 6.07) is 16.0. The standard InChI is InChI=1S/C27H30N4O4/c32-26(20-5-4-6-21(17-20)27(33)34)31-14-11-23-24(29-18-28-23)25(31)19-9-12-30(13-10-19)15-16-35-22-7-2-1-3-8-22/h1-8,17-19,25H,9-16H2,(H,28,29)(H,33,34). The van der Waals surface area contributed by atoms with Gasteiger partial charge in [-0.05, 0) is 62.2 Å². The average Bonchev–Trinajstić information content (AvgIpc) is 3.38. The smallest absolute Gasteiger partial charge is 0.335 e. The minimum atomic E-state index is -1.03. The number of hydrogen-bond donors (Lipinski definition) is 2. The summed E-state index contributed by atoms with van der Waals surface area (Å²) in [6.07, 6.45) is 4.35. The molecule has 0 aliphatic carbocycles. The number of aromatic carboxylic acids is 1. The Morgan fingerprint density at radius 2 is 1.80 bits per heavy atom. The summed E-state index contributed by atoms with van der Waals surface area (Å²) < 4.78 is 5.86. The average molecular weight is 475 g/mol. The van der Waals surface area contributed by atoms with E-state index in [2.05, 4.69) is 14.9 Å². The van der Waals surface area contributed by atoms with Crippen LogP contribution < -0.4 is 4.74 Å². The fourth-order valence-corrected chi connectivity index (χ4v) is 5.26. The summed E-state index contributed by atoms with van der Waals surface area (Å²) in [5, 5.41) is 9.36. The van der Waals surface area contributed by atoms with E-state index in [1.165, 1.54) is 12.1 Å². The molecule has 8 heteroatoms. The van der Waals surface area contributed by atoms with Gasteiger partial charge < -0.3 is 19.7 Å². The third kappa shape index (κ3) is 5.07. The molecule has 1 atom stereocenters. The summed E-state index contributed by atoms with van der Waals surface area (Å²) in [4.78, 5) is 37.2. The number of benzene rings is 2. The summed E-state index contributed by atoms with van der Waals surface area (Å²) in [6.45, 7) is 3.98. The van der Waals surface area contributed by atoms with Crippen LogP contribution in [0.1, 0.15) is 51.0 Å². The number of ether oxygens (including phenoxy) is 1. The molecule has 1 saturated heterocycles. The van der Waals surface area contributed by atoms with Gasteiger partial charge in [-0.1, -0.05) is 24.3 Å². The number of carboxylic acids is 1. The number of carbonyl (C=O) groups is 2. The van der Waals surface area contributed by atoms with Crippen molar-refractivity contribution in [3.05, 3.63) is 83.4 Å². The number of nitrogens with zero attached hydrogens (tertiary/aromatic N) is 3. The van der Waals surface area contributed by atoms with Crippen LogP contribution in [-0.4, -0.2) is 69.5 Å². The van der Waals surface area contributed by atoms with Gasteiger partial charge in [-0.15, -0.1) is 0 Å². The molecule has 3 heterocycles. The molecule has 35 heavy (non-hydrogen) atoms. The van der Waals surface area contributed by atoms with Gasteiger partial charge in [-0.25, -0.2) is 9.78 Å². The highest BCUT2D eigenvalue weighted by molar-refractivity contribution is 5.97. The van der Waals surface area contributed by atoms with Crippen LogP contribution in [0.3, 0.4) is 0 Å². The van der Waals surface area contributed by atoms with Crippen LogP contribution in [-0.2, 0) is 6.42 Å². The Morgan fingerprint density at radius 3 is 2.57 bits per heavy atom. The van der Waals surface area contributed by atoms with Crippen LogP contribution in [0.5, 0.6) is 5.75 Å². The summed E-state index contributed by atoms with van der Waals surface area (Å²) in [7, 11) is 0. The van der Waals surface area contributed by atoms with Crippen LogP contribution in [0.4, 0.5) is 0 Å². The number of piperidine rings is 1. The Labute approximate surface area is 204 Å². The number of likely N-dealkylation sites (tertiary alicyclic amines) is 1. The first-order chi connectivity index (χ1) is 17.1. The lowest BCUT2D eigenvalue weighted by Gasteiger charge is -2.43. The number of imidazole rings is 1. The highest BCUT2D eigenvalue weighted by atomic mass is 16.5. The number of aromatic nitrogens is 2. The lowest BCUT2D eigenvalue weighted by atomic mass is 9.83. The van der Waals surface area contributed by atoms with Crippen molar-refractivity contribution in [2.75, 3.05) is 32.8 Å². The van der Waals surface area contributed by atoms with Gasteiger partial charge in [0.1, 0.15) is 12.4 Å². The normalized spacial score (nSPS) is 18.7. The van der Waals surface area contributed by atoms with Crippen LogP contribution >= 0.6 is 0 Å². The predicted octanol–water partition coefficient (Wildman–Crippen LogP) is 3.64. The number of amides is 1. The molecule has 2 aliphatic rings. The number of nitrogens with one attached hydrogen (secondary N) is 1. The largest absolute Gasteiger partial charge is 0.492 e. The SMILES string of the molecule is O=C(O)c1cccc(C(=O)N2CCc3[nH]cnc3C2C2CCN(CCOc3ccccc3)CC2)c1. The van der Waals surface area contributed by atoms with Crippen molar-refractivity contribution in [2.45, 2.75) is 25.3 Å². The number of aromatic amines is 1. The molecule has 3 aromatic rings. The van der Waals surface area contributed by atoms with E-state index in [1.54, 1.807) is 18.5 Å². The van der Waals surface area contributed by atoms with Gasteiger partial charge in [-0.2, -0.15) is 0 Å².